The summed E-state index contributed by atoms with van der Waals surface area (Å²) in [5, 5.41) is 16.4. The first-order valence-electron chi connectivity index (χ1n) is 17.2. The largest absolute Gasteiger partial charge is 0.393 e. The van der Waals surface area contributed by atoms with Gasteiger partial charge in [0.15, 0.2) is 5.65 Å². The maximum atomic E-state index is 14.7. The van der Waals surface area contributed by atoms with Gasteiger partial charge in [-0.05, 0) is 110 Å². The molecule has 1 unspecified atom stereocenters. The summed E-state index contributed by atoms with van der Waals surface area (Å²) in [5.41, 5.74) is 1.31. The Labute approximate surface area is 270 Å². The van der Waals surface area contributed by atoms with Crippen LogP contribution in [0.15, 0.2) is 24.4 Å². The van der Waals surface area contributed by atoms with Gasteiger partial charge in [0.25, 0.3) is 0 Å². The molecule has 3 aromatic rings. The molecule has 6 rings (SSSR count). The second kappa shape index (κ2) is 14.6. The molecule has 0 spiro atoms. The van der Waals surface area contributed by atoms with Crippen LogP contribution < -0.4 is 10.6 Å². The summed E-state index contributed by atoms with van der Waals surface area (Å²) in [6, 6.07) is 4.06. The molecule has 1 amide bonds. The molecule has 1 atom stereocenters. The van der Waals surface area contributed by atoms with Gasteiger partial charge in [-0.15, -0.1) is 0 Å². The lowest BCUT2D eigenvalue weighted by Crippen LogP contribution is -2.41. The van der Waals surface area contributed by atoms with Crippen molar-refractivity contribution in [3.05, 3.63) is 36.0 Å². The van der Waals surface area contributed by atoms with Gasteiger partial charge in [0.2, 0.25) is 17.8 Å². The maximum Gasteiger partial charge on any atom is 0.225 e. The average molecular weight is 639 g/mol. The van der Waals surface area contributed by atoms with Gasteiger partial charge >= 0.3 is 0 Å². The van der Waals surface area contributed by atoms with Gasteiger partial charge in [-0.1, -0.05) is 0 Å². The number of halogens is 2. The molecular weight excluding hydrogens is 590 g/mol. The quantitative estimate of drug-likeness (QED) is 0.234. The monoisotopic (exact) mass is 638 g/mol. The summed E-state index contributed by atoms with van der Waals surface area (Å²) >= 11 is 0. The number of aliphatic hydroxyl groups is 1. The zero-order chi connectivity index (χ0) is 32.2. The van der Waals surface area contributed by atoms with Crippen molar-refractivity contribution in [3.63, 3.8) is 0 Å². The van der Waals surface area contributed by atoms with Gasteiger partial charge in [-0.25, -0.2) is 18.7 Å². The van der Waals surface area contributed by atoms with Crippen molar-refractivity contribution in [3.8, 4) is 0 Å². The van der Waals surface area contributed by atoms with Crippen LogP contribution in [0.2, 0.25) is 0 Å². The number of imidazole rings is 1. The molecule has 46 heavy (non-hydrogen) atoms. The Hall–Kier alpha value is -3.38. The predicted molar refractivity (Wildman–Crippen MR) is 175 cm³/mol. The predicted octanol–water partition coefficient (Wildman–Crippen LogP) is 6.02. The fraction of sp³-hybridized carbons (Fsp3) is 0.647. The molecular formula is C34H48F2N8O2. The number of carbonyl (C=O) groups excluding carboxylic acids is 1. The molecule has 2 aliphatic carbocycles. The topological polar surface area (TPSA) is 111 Å². The van der Waals surface area contributed by atoms with Crippen molar-refractivity contribution >= 4 is 34.7 Å². The second-order valence-electron chi connectivity index (χ2n) is 13.4. The first-order valence-corrected chi connectivity index (χ1v) is 17.2. The van der Waals surface area contributed by atoms with E-state index >= 15 is 0 Å². The summed E-state index contributed by atoms with van der Waals surface area (Å²) in [7, 11) is 0. The molecule has 12 heteroatoms. The number of anilines is 3. The molecule has 250 valence electrons. The zero-order valence-electron chi connectivity index (χ0n) is 27.1. The highest BCUT2D eigenvalue weighted by Crippen LogP contribution is 2.38. The molecule has 0 radical (unpaired) electrons. The number of aromatic nitrogens is 4. The zero-order valence-corrected chi connectivity index (χ0v) is 27.1. The number of amides is 1. The third-order valence-electron chi connectivity index (χ3n) is 10.3. The molecule has 3 fully saturated rings. The molecule has 1 saturated heterocycles. The van der Waals surface area contributed by atoms with Crippen LogP contribution in [0.25, 0.3) is 11.2 Å². The smallest absolute Gasteiger partial charge is 0.225 e. The molecule has 3 aliphatic rings. The molecule has 3 heterocycles. The molecule has 2 aromatic heterocycles. The highest BCUT2D eigenvalue weighted by molar-refractivity contribution is 5.79. The number of carbonyl (C=O) groups is 1. The highest BCUT2D eigenvalue weighted by Gasteiger charge is 2.32. The van der Waals surface area contributed by atoms with Gasteiger partial charge in [0.05, 0.1) is 18.0 Å². The normalized spacial score (nSPS) is 24.6. The summed E-state index contributed by atoms with van der Waals surface area (Å²) in [5.74, 6) is -0.257. The minimum atomic E-state index is -0.709. The number of rotatable bonds is 11. The lowest BCUT2D eigenvalue weighted by atomic mass is 9.85. The number of likely N-dealkylation sites (tertiary alicyclic amines) is 1. The van der Waals surface area contributed by atoms with Crippen molar-refractivity contribution < 1.29 is 18.7 Å². The summed E-state index contributed by atoms with van der Waals surface area (Å²) < 4.78 is 30.4. The van der Waals surface area contributed by atoms with Crippen LogP contribution in [-0.4, -0.2) is 84.7 Å². The minimum Gasteiger partial charge on any atom is -0.393 e. The Morgan fingerprint density at radius 3 is 2.50 bits per heavy atom. The molecule has 2 saturated carbocycles. The number of benzene rings is 1. The second-order valence-corrected chi connectivity index (χ2v) is 13.4. The molecule has 1 aromatic carbocycles. The Balaban J connectivity index is 1.19. The molecule has 1 aliphatic heterocycles. The Kier molecular flexibility index (Phi) is 10.3. The lowest BCUT2D eigenvalue weighted by molar-refractivity contribution is -0.136. The van der Waals surface area contributed by atoms with Crippen LogP contribution in [-0.2, 0) is 4.79 Å². The summed E-state index contributed by atoms with van der Waals surface area (Å²) in [4.78, 5) is 32.3. The van der Waals surface area contributed by atoms with Gasteiger partial charge < -0.3 is 25.5 Å². The maximum absolute atomic E-state index is 14.7. The van der Waals surface area contributed by atoms with Crippen LogP contribution >= 0.6 is 0 Å². The van der Waals surface area contributed by atoms with Gasteiger partial charge in [-0.3, -0.25) is 9.36 Å². The Morgan fingerprint density at radius 1 is 1.07 bits per heavy atom. The number of nitrogens with one attached hydrogen (secondary N) is 2. The summed E-state index contributed by atoms with van der Waals surface area (Å²) in [6.45, 7) is 8.15. The average Bonchev–Trinajstić information content (AvgIpc) is 3.72. The van der Waals surface area contributed by atoms with Gasteiger partial charge in [-0.2, -0.15) is 4.98 Å². The highest BCUT2D eigenvalue weighted by atomic mass is 19.1. The van der Waals surface area contributed by atoms with Crippen LogP contribution in [0.3, 0.4) is 0 Å². The van der Waals surface area contributed by atoms with Crippen LogP contribution in [0.1, 0.15) is 90.5 Å². The van der Waals surface area contributed by atoms with E-state index in [2.05, 4.69) is 34.4 Å². The van der Waals surface area contributed by atoms with Crippen molar-refractivity contribution in [2.75, 3.05) is 36.8 Å². The third-order valence-corrected chi connectivity index (χ3v) is 10.3. The van der Waals surface area contributed by atoms with E-state index in [-0.39, 0.29) is 35.7 Å². The number of hydrogen-bond donors (Lipinski definition) is 3. The van der Waals surface area contributed by atoms with Crippen molar-refractivity contribution in [1.29, 1.82) is 0 Å². The standard InChI is InChI=1S/C34H48F2N8O2/c1-3-42(19-16-22(2)43-17-4-5-18-43)32(46)23-6-11-26(12-7-23)44-31-30(40-34(44)39-29-15-8-24(35)20-28(29)36)21-37-33(41-31)38-25-9-13-27(45)14-10-25/h8,15,20-23,25-27,45H,3-7,9-14,16-19H2,1-2H3,(H,39,40)(H,37,38,41)/t22?,23-,25-,26+,27-. The van der Waals surface area contributed by atoms with Crippen LogP contribution in [0.4, 0.5) is 26.4 Å². The van der Waals surface area contributed by atoms with Crippen LogP contribution in [0.5, 0.6) is 0 Å². The van der Waals surface area contributed by atoms with Gasteiger partial charge in [0, 0.05) is 43.2 Å². The van der Waals surface area contributed by atoms with E-state index < -0.39 is 11.6 Å². The first-order chi connectivity index (χ1) is 22.3. The van der Waals surface area contributed by atoms with E-state index in [0.717, 1.165) is 83.5 Å². The van der Waals surface area contributed by atoms with Crippen molar-refractivity contribution in [1.82, 2.24) is 29.3 Å². The van der Waals surface area contributed by atoms with Crippen LogP contribution in [0, 0.1) is 17.6 Å². The van der Waals surface area contributed by atoms with Gasteiger partial charge in [0.1, 0.15) is 17.2 Å². The Bertz CT molecular complexity index is 1480. The van der Waals surface area contributed by atoms with E-state index in [9.17, 15) is 18.7 Å². The molecule has 3 N–H and O–H groups in total. The minimum absolute atomic E-state index is 0.0158. The third kappa shape index (κ3) is 7.43. The van der Waals surface area contributed by atoms with E-state index in [0.29, 0.717) is 35.6 Å². The van der Waals surface area contributed by atoms with Crippen molar-refractivity contribution in [2.45, 2.75) is 109 Å². The van der Waals surface area contributed by atoms with E-state index in [4.69, 9.17) is 9.97 Å². The fourth-order valence-corrected chi connectivity index (χ4v) is 7.48. The van der Waals surface area contributed by atoms with Crippen molar-refractivity contribution in [2.24, 2.45) is 5.92 Å². The first kappa shape index (κ1) is 32.6. The molecule has 0 bridgehead atoms. The Morgan fingerprint density at radius 2 is 1.80 bits per heavy atom. The fourth-order valence-electron chi connectivity index (χ4n) is 7.48. The summed E-state index contributed by atoms with van der Waals surface area (Å²) in [6.07, 6.45) is 11.1. The number of nitrogens with zero attached hydrogens (tertiary/aromatic N) is 6. The number of hydrogen-bond acceptors (Lipinski definition) is 8. The lowest BCUT2D eigenvalue weighted by Gasteiger charge is -2.34. The molecule has 10 nitrogen and oxygen atoms in total. The van der Waals surface area contributed by atoms with E-state index in [1.807, 2.05) is 9.47 Å². The number of aliphatic hydroxyl groups excluding tert-OH is 1. The van der Waals surface area contributed by atoms with E-state index in [1.165, 1.54) is 25.0 Å². The number of fused-ring (bicyclic) bond motifs is 1. The SMILES string of the molecule is CCN(CCC(C)N1CCCC1)C(=O)[C@H]1CC[C@@H](n2c(Nc3ccc(F)cc3F)nc3cnc(N[C@H]4CC[C@H](O)CC4)nc32)CC1. The van der Waals surface area contributed by atoms with E-state index in [1.54, 1.807) is 6.20 Å².